The Bertz CT molecular complexity index is 350. The lowest BCUT2D eigenvalue weighted by Crippen LogP contribution is -2.37. The van der Waals surface area contributed by atoms with Crippen molar-refractivity contribution in [2.75, 3.05) is 26.2 Å². The molecule has 0 atom stereocenters. The second kappa shape index (κ2) is 8.89. The zero-order chi connectivity index (χ0) is 14.8. The first-order chi connectivity index (χ1) is 9.58. The summed E-state index contributed by atoms with van der Waals surface area (Å²) >= 11 is 0. The van der Waals surface area contributed by atoms with E-state index in [0.29, 0.717) is 19.5 Å². The Morgan fingerprint density at radius 2 is 0.950 bits per heavy atom. The van der Waals surface area contributed by atoms with E-state index in [1.165, 1.54) is 0 Å². The Morgan fingerprint density at radius 1 is 0.550 bits per heavy atom. The fraction of sp³-hybridized carbons (Fsp3) is 0.667. The molecule has 1 aliphatic heterocycles. The molecule has 1 aliphatic rings. The molecule has 112 valence electrons. The summed E-state index contributed by atoms with van der Waals surface area (Å²) in [6.07, 6.45) is 0.666. The van der Waals surface area contributed by atoms with E-state index in [-0.39, 0.29) is 44.2 Å². The Labute approximate surface area is 117 Å². The van der Waals surface area contributed by atoms with Gasteiger partial charge in [-0.15, -0.1) is 0 Å². The highest BCUT2D eigenvalue weighted by Crippen LogP contribution is 1.86. The van der Waals surface area contributed by atoms with Gasteiger partial charge in [0, 0.05) is 39.0 Å². The molecule has 0 saturated carbocycles. The van der Waals surface area contributed by atoms with Gasteiger partial charge < -0.3 is 21.3 Å². The molecule has 1 rings (SSSR count). The summed E-state index contributed by atoms with van der Waals surface area (Å²) in [6.45, 7) is 1.36. The highest BCUT2D eigenvalue weighted by molar-refractivity contribution is 5.97. The predicted molar refractivity (Wildman–Crippen MR) is 70.5 cm³/mol. The number of carbonyl (C=O) groups excluding carboxylic acids is 4. The molecule has 0 unspecified atom stereocenters. The van der Waals surface area contributed by atoms with E-state index in [9.17, 15) is 19.2 Å². The molecule has 1 fully saturated rings. The van der Waals surface area contributed by atoms with Gasteiger partial charge in [0.1, 0.15) is 6.42 Å². The summed E-state index contributed by atoms with van der Waals surface area (Å²) in [5, 5.41) is 10.4. The summed E-state index contributed by atoms with van der Waals surface area (Å²) in [4.78, 5) is 45.5. The first-order valence-corrected chi connectivity index (χ1v) is 6.64. The fourth-order valence-electron chi connectivity index (χ4n) is 1.62. The van der Waals surface area contributed by atoms with E-state index in [4.69, 9.17) is 0 Å². The third kappa shape index (κ3) is 7.34. The number of hydrogen-bond acceptors (Lipinski definition) is 4. The van der Waals surface area contributed by atoms with Gasteiger partial charge in [-0.1, -0.05) is 0 Å². The Hall–Kier alpha value is -2.12. The van der Waals surface area contributed by atoms with Crippen molar-refractivity contribution < 1.29 is 19.2 Å². The summed E-state index contributed by atoms with van der Waals surface area (Å²) < 4.78 is 0. The average Bonchev–Trinajstić information content (AvgIpc) is 2.37. The van der Waals surface area contributed by atoms with Crippen LogP contribution in [0.25, 0.3) is 0 Å². The van der Waals surface area contributed by atoms with Crippen molar-refractivity contribution in [2.45, 2.75) is 25.7 Å². The molecule has 4 N–H and O–H groups in total. The first-order valence-electron chi connectivity index (χ1n) is 6.64. The monoisotopic (exact) mass is 284 g/mol. The first kappa shape index (κ1) is 15.9. The average molecular weight is 284 g/mol. The zero-order valence-corrected chi connectivity index (χ0v) is 11.3. The van der Waals surface area contributed by atoms with Crippen molar-refractivity contribution in [1.29, 1.82) is 0 Å². The van der Waals surface area contributed by atoms with Crippen LogP contribution in [0.1, 0.15) is 25.7 Å². The molecule has 4 amide bonds. The number of amides is 4. The molecule has 0 bridgehead atoms. The minimum Gasteiger partial charge on any atom is -0.356 e. The van der Waals surface area contributed by atoms with Crippen LogP contribution in [0.5, 0.6) is 0 Å². The maximum atomic E-state index is 11.4. The third-order valence-electron chi connectivity index (χ3n) is 2.67. The van der Waals surface area contributed by atoms with E-state index >= 15 is 0 Å². The topological polar surface area (TPSA) is 116 Å². The van der Waals surface area contributed by atoms with Crippen LogP contribution in [0.3, 0.4) is 0 Å². The number of rotatable bonds is 0. The van der Waals surface area contributed by atoms with Crippen molar-refractivity contribution >= 4 is 23.6 Å². The standard InChI is InChI=1S/C12H20N4O4/c17-9-2-6-15-11(19)8-12(20)16-7-3-10(18)14-5-1-4-13-9/h1-8H2,(H,13,17)(H,14,18)(H,15,19)(H,16,20). The van der Waals surface area contributed by atoms with Gasteiger partial charge in [-0.2, -0.15) is 0 Å². The van der Waals surface area contributed by atoms with Gasteiger partial charge in [0.2, 0.25) is 23.6 Å². The minimum atomic E-state index is -0.438. The normalized spacial score (nSPS) is 20.4. The zero-order valence-electron chi connectivity index (χ0n) is 11.3. The summed E-state index contributed by atoms with van der Waals surface area (Å²) in [6, 6.07) is 0. The molecular formula is C12H20N4O4. The molecule has 1 heterocycles. The van der Waals surface area contributed by atoms with Crippen molar-refractivity contribution in [1.82, 2.24) is 21.3 Å². The molecule has 8 heteroatoms. The molecule has 0 spiro atoms. The smallest absolute Gasteiger partial charge is 0.229 e. The maximum Gasteiger partial charge on any atom is 0.229 e. The highest BCUT2D eigenvalue weighted by Gasteiger charge is 2.10. The molecule has 8 nitrogen and oxygen atoms in total. The quantitative estimate of drug-likeness (QED) is 0.386. The van der Waals surface area contributed by atoms with E-state index in [0.717, 1.165) is 0 Å². The third-order valence-corrected chi connectivity index (χ3v) is 2.67. The van der Waals surface area contributed by atoms with E-state index in [1.54, 1.807) is 0 Å². The molecule has 0 aromatic heterocycles. The summed E-state index contributed by atoms with van der Waals surface area (Å²) in [5.41, 5.74) is 0. The molecule has 0 aromatic carbocycles. The van der Waals surface area contributed by atoms with E-state index < -0.39 is 11.8 Å². The van der Waals surface area contributed by atoms with Crippen LogP contribution in [0.2, 0.25) is 0 Å². The molecular weight excluding hydrogens is 264 g/mol. The van der Waals surface area contributed by atoms with Crippen LogP contribution in [0, 0.1) is 0 Å². The van der Waals surface area contributed by atoms with Crippen molar-refractivity contribution in [3.05, 3.63) is 0 Å². The Balaban J connectivity index is 2.43. The van der Waals surface area contributed by atoms with Crippen LogP contribution in [-0.2, 0) is 19.2 Å². The van der Waals surface area contributed by atoms with Crippen LogP contribution in [0.15, 0.2) is 0 Å². The number of nitrogens with one attached hydrogen (secondary N) is 4. The van der Waals surface area contributed by atoms with Gasteiger partial charge in [-0.25, -0.2) is 0 Å². The second-order valence-electron chi connectivity index (χ2n) is 4.43. The molecule has 0 aliphatic carbocycles. The lowest BCUT2D eigenvalue weighted by atomic mass is 10.3. The van der Waals surface area contributed by atoms with Gasteiger partial charge in [-0.05, 0) is 6.42 Å². The number of carbonyl (C=O) groups is 4. The van der Waals surface area contributed by atoms with Gasteiger partial charge in [0.05, 0.1) is 0 Å². The Morgan fingerprint density at radius 3 is 1.40 bits per heavy atom. The van der Waals surface area contributed by atoms with Crippen molar-refractivity contribution in [2.24, 2.45) is 0 Å². The van der Waals surface area contributed by atoms with Crippen molar-refractivity contribution in [3.8, 4) is 0 Å². The SMILES string of the molecule is O=C1CCNC(=O)CC(=O)NCCC(=O)NCCCN1. The molecule has 0 radical (unpaired) electrons. The predicted octanol–water partition coefficient (Wildman–Crippen LogP) is -1.97. The number of hydrogen-bond donors (Lipinski definition) is 4. The van der Waals surface area contributed by atoms with Gasteiger partial charge >= 0.3 is 0 Å². The van der Waals surface area contributed by atoms with Crippen LogP contribution >= 0.6 is 0 Å². The van der Waals surface area contributed by atoms with Gasteiger partial charge in [0.25, 0.3) is 0 Å². The lowest BCUT2D eigenvalue weighted by molar-refractivity contribution is -0.129. The Kier molecular flexibility index (Phi) is 7.08. The fourth-order valence-corrected chi connectivity index (χ4v) is 1.62. The van der Waals surface area contributed by atoms with Crippen LogP contribution < -0.4 is 21.3 Å². The van der Waals surface area contributed by atoms with E-state index in [1.807, 2.05) is 0 Å². The van der Waals surface area contributed by atoms with Crippen LogP contribution in [-0.4, -0.2) is 49.8 Å². The maximum absolute atomic E-state index is 11.4. The van der Waals surface area contributed by atoms with Gasteiger partial charge in [0.15, 0.2) is 0 Å². The molecule has 1 saturated heterocycles. The van der Waals surface area contributed by atoms with E-state index in [2.05, 4.69) is 21.3 Å². The second-order valence-corrected chi connectivity index (χ2v) is 4.43. The minimum absolute atomic E-state index is 0.166. The van der Waals surface area contributed by atoms with Gasteiger partial charge in [-0.3, -0.25) is 19.2 Å². The highest BCUT2D eigenvalue weighted by atomic mass is 16.2. The van der Waals surface area contributed by atoms with Crippen LogP contribution in [0.4, 0.5) is 0 Å². The molecule has 20 heavy (non-hydrogen) atoms. The lowest BCUT2D eigenvalue weighted by Gasteiger charge is -2.10. The summed E-state index contributed by atoms with van der Waals surface area (Å²) in [7, 11) is 0. The summed E-state index contributed by atoms with van der Waals surface area (Å²) in [5.74, 6) is -1.22. The largest absolute Gasteiger partial charge is 0.356 e. The molecule has 0 aromatic rings. The van der Waals surface area contributed by atoms with Crippen molar-refractivity contribution in [3.63, 3.8) is 0 Å².